The Bertz CT molecular complexity index is 961. The second kappa shape index (κ2) is 7.30. The Morgan fingerprint density at radius 2 is 2.11 bits per heavy atom. The number of H-pyrrole nitrogens is 1. The SMILES string of the molecule is Cc1nonc1CN1CCN(C(C(=O)O)c2c[nH]c3ccc(Cl)cc23)CC1. The van der Waals surface area contributed by atoms with E-state index in [0.29, 0.717) is 24.7 Å². The van der Waals surface area contributed by atoms with Gasteiger partial charge in [0, 0.05) is 60.4 Å². The number of aromatic nitrogens is 3. The fourth-order valence-electron chi connectivity index (χ4n) is 3.61. The molecular formula is C18H20ClN5O3. The van der Waals surface area contributed by atoms with Gasteiger partial charge in [0.25, 0.3) is 0 Å². The molecule has 1 saturated heterocycles. The van der Waals surface area contributed by atoms with Crippen LogP contribution >= 0.6 is 11.6 Å². The van der Waals surface area contributed by atoms with E-state index in [2.05, 4.69) is 20.2 Å². The Morgan fingerprint density at radius 3 is 2.78 bits per heavy atom. The fraction of sp³-hybridized carbons (Fsp3) is 0.389. The second-order valence-corrected chi connectivity index (χ2v) is 7.22. The van der Waals surface area contributed by atoms with Crippen molar-refractivity contribution in [2.45, 2.75) is 19.5 Å². The van der Waals surface area contributed by atoms with Crippen LogP contribution in [0.1, 0.15) is 23.0 Å². The summed E-state index contributed by atoms with van der Waals surface area (Å²) in [4.78, 5) is 19.5. The summed E-state index contributed by atoms with van der Waals surface area (Å²) in [5.41, 5.74) is 3.24. The normalized spacial score (nSPS) is 17.4. The van der Waals surface area contributed by atoms with E-state index in [9.17, 15) is 9.90 Å². The molecule has 0 bridgehead atoms. The first-order chi connectivity index (χ1) is 13.0. The molecule has 2 N–H and O–H groups in total. The standard InChI is InChI=1S/C18H20ClN5O3/c1-11-16(22-27-21-11)10-23-4-6-24(7-5-23)17(18(25)26)14-9-20-15-3-2-12(19)8-13(14)15/h2-3,8-9,17,20H,4-7,10H2,1H3,(H,25,26). The van der Waals surface area contributed by atoms with Crippen molar-refractivity contribution in [3.63, 3.8) is 0 Å². The van der Waals surface area contributed by atoms with Crippen LogP contribution in [0.15, 0.2) is 29.0 Å². The number of benzene rings is 1. The van der Waals surface area contributed by atoms with Gasteiger partial charge in [0.05, 0.1) is 0 Å². The van der Waals surface area contributed by atoms with Crippen molar-refractivity contribution in [3.8, 4) is 0 Å². The lowest BCUT2D eigenvalue weighted by Crippen LogP contribution is -2.48. The molecule has 3 heterocycles. The monoisotopic (exact) mass is 389 g/mol. The summed E-state index contributed by atoms with van der Waals surface area (Å²) in [6.45, 7) is 5.32. The predicted molar refractivity (Wildman–Crippen MR) is 99.6 cm³/mol. The molecule has 3 aromatic rings. The first kappa shape index (κ1) is 18.0. The van der Waals surface area contributed by atoms with Crippen molar-refractivity contribution in [2.75, 3.05) is 26.2 Å². The molecule has 8 nitrogen and oxygen atoms in total. The van der Waals surface area contributed by atoms with Gasteiger partial charge in [-0.2, -0.15) is 0 Å². The average molecular weight is 390 g/mol. The molecule has 1 fully saturated rings. The van der Waals surface area contributed by atoms with E-state index in [4.69, 9.17) is 16.2 Å². The van der Waals surface area contributed by atoms with Crippen LogP contribution in [0.4, 0.5) is 0 Å². The summed E-state index contributed by atoms with van der Waals surface area (Å²) in [6, 6.07) is 4.76. The first-order valence-corrected chi connectivity index (χ1v) is 9.14. The molecule has 0 saturated carbocycles. The lowest BCUT2D eigenvalue weighted by atomic mass is 10.0. The molecule has 0 aliphatic carbocycles. The predicted octanol–water partition coefficient (Wildman–Crippen LogP) is 2.46. The Balaban J connectivity index is 1.51. The minimum absolute atomic E-state index is 0.592. The molecule has 4 rings (SSSR count). The zero-order valence-electron chi connectivity index (χ0n) is 14.9. The van der Waals surface area contributed by atoms with Crippen LogP contribution in [0.2, 0.25) is 5.02 Å². The Morgan fingerprint density at radius 1 is 1.33 bits per heavy atom. The van der Waals surface area contributed by atoms with Gasteiger partial charge in [-0.05, 0) is 25.1 Å². The molecule has 27 heavy (non-hydrogen) atoms. The third-order valence-corrected chi connectivity index (χ3v) is 5.33. The van der Waals surface area contributed by atoms with Gasteiger partial charge in [0.1, 0.15) is 17.4 Å². The van der Waals surface area contributed by atoms with Gasteiger partial charge < -0.3 is 10.1 Å². The molecule has 0 radical (unpaired) electrons. The molecular weight excluding hydrogens is 370 g/mol. The number of nitrogens with one attached hydrogen (secondary N) is 1. The maximum atomic E-state index is 12.1. The molecule has 1 unspecified atom stereocenters. The van der Waals surface area contributed by atoms with Crippen molar-refractivity contribution in [1.82, 2.24) is 25.1 Å². The lowest BCUT2D eigenvalue weighted by Gasteiger charge is -2.37. The number of rotatable bonds is 5. The van der Waals surface area contributed by atoms with Crippen LogP contribution in [0.3, 0.4) is 0 Å². The van der Waals surface area contributed by atoms with Crippen molar-refractivity contribution < 1.29 is 14.5 Å². The third kappa shape index (κ3) is 3.55. The highest BCUT2D eigenvalue weighted by atomic mass is 35.5. The van der Waals surface area contributed by atoms with Gasteiger partial charge in [-0.15, -0.1) is 0 Å². The molecule has 1 atom stereocenters. The number of fused-ring (bicyclic) bond motifs is 1. The number of halogens is 1. The van der Waals surface area contributed by atoms with E-state index in [1.165, 1.54) is 0 Å². The largest absolute Gasteiger partial charge is 0.480 e. The number of aromatic amines is 1. The van der Waals surface area contributed by atoms with E-state index in [0.717, 1.165) is 40.9 Å². The minimum atomic E-state index is -0.860. The van der Waals surface area contributed by atoms with E-state index >= 15 is 0 Å². The Kier molecular flexibility index (Phi) is 4.86. The number of hydrogen-bond acceptors (Lipinski definition) is 6. The van der Waals surface area contributed by atoms with Crippen LogP contribution in [-0.4, -0.2) is 62.4 Å². The Labute approximate surface area is 160 Å². The molecule has 0 amide bonds. The van der Waals surface area contributed by atoms with Gasteiger partial charge in [0.2, 0.25) is 0 Å². The highest BCUT2D eigenvalue weighted by molar-refractivity contribution is 6.31. The zero-order chi connectivity index (χ0) is 19.0. The van der Waals surface area contributed by atoms with E-state index in [1.54, 1.807) is 12.3 Å². The van der Waals surface area contributed by atoms with Gasteiger partial charge in [-0.1, -0.05) is 21.9 Å². The van der Waals surface area contributed by atoms with Crippen LogP contribution in [0, 0.1) is 6.92 Å². The second-order valence-electron chi connectivity index (χ2n) is 6.78. The minimum Gasteiger partial charge on any atom is -0.480 e. The topological polar surface area (TPSA) is 98.5 Å². The summed E-state index contributed by atoms with van der Waals surface area (Å²) in [5.74, 6) is -0.860. The van der Waals surface area contributed by atoms with E-state index < -0.39 is 12.0 Å². The van der Waals surface area contributed by atoms with Gasteiger partial charge in [-0.25, -0.2) is 4.63 Å². The molecule has 1 aromatic carbocycles. The number of piperazine rings is 1. The lowest BCUT2D eigenvalue weighted by molar-refractivity contribution is -0.144. The summed E-state index contributed by atoms with van der Waals surface area (Å²) in [5, 5.41) is 19.1. The van der Waals surface area contributed by atoms with Crippen LogP contribution in [0.5, 0.6) is 0 Å². The number of carboxylic acids is 1. The number of nitrogens with zero attached hydrogens (tertiary/aromatic N) is 4. The van der Waals surface area contributed by atoms with E-state index in [1.807, 2.05) is 24.0 Å². The van der Waals surface area contributed by atoms with Crippen LogP contribution in [-0.2, 0) is 11.3 Å². The first-order valence-electron chi connectivity index (χ1n) is 8.76. The molecule has 142 valence electrons. The van der Waals surface area contributed by atoms with Crippen LogP contribution < -0.4 is 0 Å². The van der Waals surface area contributed by atoms with Crippen molar-refractivity contribution >= 4 is 28.5 Å². The van der Waals surface area contributed by atoms with Crippen molar-refractivity contribution in [3.05, 3.63) is 46.4 Å². The number of aliphatic carboxylic acids is 1. The smallest absolute Gasteiger partial charge is 0.325 e. The number of hydrogen-bond donors (Lipinski definition) is 2. The van der Waals surface area contributed by atoms with Gasteiger partial charge in [0.15, 0.2) is 0 Å². The number of aryl methyl sites for hydroxylation is 1. The third-order valence-electron chi connectivity index (χ3n) is 5.10. The van der Waals surface area contributed by atoms with E-state index in [-0.39, 0.29) is 0 Å². The number of carbonyl (C=O) groups is 1. The summed E-state index contributed by atoms with van der Waals surface area (Å²) in [7, 11) is 0. The fourth-order valence-corrected chi connectivity index (χ4v) is 3.78. The number of carboxylic acid groups (broad SMARTS) is 1. The van der Waals surface area contributed by atoms with Gasteiger partial charge in [-0.3, -0.25) is 14.6 Å². The molecule has 0 spiro atoms. The summed E-state index contributed by atoms with van der Waals surface area (Å²) >= 11 is 6.12. The highest BCUT2D eigenvalue weighted by Gasteiger charge is 2.32. The van der Waals surface area contributed by atoms with Gasteiger partial charge >= 0.3 is 5.97 Å². The molecule has 2 aromatic heterocycles. The Hall–Kier alpha value is -2.42. The quantitative estimate of drug-likeness (QED) is 0.691. The summed E-state index contributed by atoms with van der Waals surface area (Å²) < 4.78 is 4.75. The molecule has 1 aliphatic rings. The molecule has 1 aliphatic heterocycles. The van der Waals surface area contributed by atoms with Crippen molar-refractivity contribution in [2.24, 2.45) is 0 Å². The maximum absolute atomic E-state index is 12.1. The average Bonchev–Trinajstić information content (AvgIpc) is 3.23. The maximum Gasteiger partial charge on any atom is 0.325 e. The zero-order valence-corrected chi connectivity index (χ0v) is 15.6. The van der Waals surface area contributed by atoms with Crippen molar-refractivity contribution in [1.29, 1.82) is 0 Å². The molecule has 9 heteroatoms. The highest BCUT2D eigenvalue weighted by Crippen LogP contribution is 2.31. The van der Waals surface area contributed by atoms with Crippen LogP contribution in [0.25, 0.3) is 10.9 Å². The summed E-state index contributed by atoms with van der Waals surface area (Å²) in [6.07, 6.45) is 1.77.